The average molecular weight is 277 g/mol. The van der Waals surface area contributed by atoms with Crippen molar-refractivity contribution < 1.29 is 4.42 Å². The summed E-state index contributed by atoms with van der Waals surface area (Å²) in [6.45, 7) is 7.38. The summed E-state index contributed by atoms with van der Waals surface area (Å²) >= 11 is 1.40. The lowest BCUT2D eigenvalue weighted by Gasteiger charge is -2.34. The Morgan fingerprint density at radius 3 is 3.11 bits per heavy atom. The molecule has 0 aromatic carbocycles. The summed E-state index contributed by atoms with van der Waals surface area (Å²) < 4.78 is 9.74. The van der Waals surface area contributed by atoms with E-state index in [0.717, 1.165) is 36.6 Å². The first kappa shape index (κ1) is 12.8. The molecular formula is C14H19N3OS. The lowest BCUT2D eigenvalue weighted by molar-refractivity contribution is 0.233. The number of aryl methyl sites for hydroxylation is 1. The van der Waals surface area contributed by atoms with Gasteiger partial charge in [0.05, 0.1) is 5.69 Å². The zero-order valence-electron chi connectivity index (χ0n) is 11.6. The van der Waals surface area contributed by atoms with Gasteiger partial charge in [0.25, 0.3) is 0 Å². The lowest BCUT2D eigenvalue weighted by Crippen LogP contribution is -2.32. The molecule has 0 radical (unpaired) electrons. The fourth-order valence-corrected chi connectivity index (χ4v) is 3.31. The molecule has 3 rings (SSSR count). The van der Waals surface area contributed by atoms with Crippen LogP contribution < -0.4 is 5.32 Å². The molecule has 2 aromatic heterocycles. The van der Waals surface area contributed by atoms with E-state index in [-0.39, 0.29) is 5.41 Å². The molecule has 0 saturated heterocycles. The Morgan fingerprint density at radius 1 is 1.53 bits per heavy atom. The number of fused-ring (bicyclic) bond motifs is 1. The van der Waals surface area contributed by atoms with Gasteiger partial charge in [-0.3, -0.25) is 0 Å². The van der Waals surface area contributed by atoms with Crippen LogP contribution in [0.1, 0.15) is 49.1 Å². The molecular weight excluding hydrogens is 258 g/mol. The quantitative estimate of drug-likeness (QED) is 0.935. The molecule has 0 saturated carbocycles. The van der Waals surface area contributed by atoms with Gasteiger partial charge in [-0.2, -0.15) is 0 Å². The molecule has 102 valence electrons. The van der Waals surface area contributed by atoms with Crippen LogP contribution in [0.15, 0.2) is 15.9 Å². The summed E-state index contributed by atoms with van der Waals surface area (Å²) in [7, 11) is 0. The molecule has 0 fully saturated rings. The maximum Gasteiger partial charge on any atom is 0.109 e. The van der Waals surface area contributed by atoms with Crippen LogP contribution in [-0.4, -0.2) is 9.59 Å². The van der Waals surface area contributed by atoms with E-state index in [9.17, 15) is 0 Å². The van der Waals surface area contributed by atoms with E-state index in [1.165, 1.54) is 17.1 Å². The third-order valence-corrected chi connectivity index (χ3v) is 4.22. The maximum absolute atomic E-state index is 5.84. The van der Waals surface area contributed by atoms with Crippen molar-refractivity contribution in [1.29, 1.82) is 0 Å². The zero-order valence-corrected chi connectivity index (χ0v) is 12.4. The van der Waals surface area contributed by atoms with Crippen molar-refractivity contribution in [3.63, 3.8) is 0 Å². The van der Waals surface area contributed by atoms with Gasteiger partial charge in [-0.1, -0.05) is 18.3 Å². The first-order valence-electron chi connectivity index (χ1n) is 6.62. The second-order valence-electron chi connectivity index (χ2n) is 6.11. The normalized spacial score (nSPS) is 21.3. The number of rotatable bonds is 3. The van der Waals surface area contributed by atoms with Gasteiger partial charge < -0.3 is 9.73 Å². The molecule has 19 heavy (non-hydrogen) atoms. The van der Waals surface area contributed by atoms with Crippen molar-refractivity contribution in [2.75, 3.05) is 0 Å². The van der Waals surface area contributed by atoms with Crippen LogP contribution in [0.25, 0.3) is 0 Å². The predicted octanol–water partition coefficient (Wildman–Crippen LogP) is 3.24. The van der Waals surface area contributed by atoms with Gasteiger partial charge in [-0.05, 0) is 36.4 Å². The van der Waals surface area contributed by atoms with Gasteiger partial charge in [0.2, 0.25) is 0 Å². The third kappa shape index (κ3) is 2.72. The van der Waals surface area contributed by atoms with Crippen LogP contribution in [-0.2, 0) is 13.0 Å². The molecule has 0 amide bonds. The Labute approximate surface area is 117 Å². The topological polar surface area (TPSA) is 51.0 Å². The first-order chi connectivity index (χ1) is 9.03. The number of nitrogens with one attached hydrogen (secondary N) is 1. The van der Waals surface area contributed by atoms with Gasteiger partial charge in [0, 0.05) is 30.0 Å². The van der Waals surface area contributed by atoms with Gasteiger partial charge in [-0.25, -0.2) is 0 Å². The van der Waals surface area contributed by atoms with E-state index >= 15 is 0 Å². The van der Waals surface area contributed by atoms with E-state index in [1.807, 2.05) is 12.3 Å². The van der Waals surface area contributed by atoms with Crippen molar-refractivity contribution >= 4 is 11.5 Å². The number of hydrogen-bond donors (Lipinski definition) is 1. The van der Waals surface area contributed by atoms with E-state index in [1.54, 1.807) is 0 Å². The number of hydrogen-bond acceptors (Lipinski definition) is 5. The highest BCUT2D eigenvalue weighted by atomic mass is 32.1. The minimum atomic E-state index is 0.273. The summed E-state index contributed by atoms with van der Waals surface area (Å²) in [5.41, 5.74) is 2.60. The zero-order chi connectivity index (χ0) is 13.5. The molecule has 2 heterocycles. The molecule has 4 nitrogen and oxygen atoms in total. The fourth-order valence-electron chi connectivity index (χ4n) is 2.86. The van der Waals surface area contributed by atoms with Gasteiger partial charge >= 0.3 is 0 Å². The summed E-state index contributed by atoms with van der Waals surface area (Å²) in [6, 6.07) is 2.51. The Hall–Kier alpha value is -1.20. The minimum Gasteiger partial charge on any atom is -0.466 e. The van der Waals surface area contributed by atoms with E-state index in [4.69, 9.17) is 4.42 Å². The van der Waals surface area contributed by atoms with Crippen LogP contribution >= 0.6 is 11.5 Å². The summed E-state index contributed by atoms with van der Waals surface area (Å²) in [5, 5.41) is 9.66. The Morgan fingerprint density at radius 2 is 2.37 bits per heavy atom. The number of furan rings is 1. The Kier molecular flexibility index (Phi) is 3.19. The molecule has 0 bridgehead atoms. The monoisotopic (exact) mass is 277 g/mol. The Balaban J connectivity index is 1.80. The van der Waals surface area contributed by atoms with E-state index < -0.39 is 0 Å². The first-order valence-corrected chi connectivity index (χ1v) is 7.46. The molecule has 2 aromatic rings. The molecule has 1 N–H and O–H groups in total. The van der Waals surface area contributed by atoms with Gasteiger partial charge in [0.1, 0.15) is 11.5 Å². The predicted molar refractivity (Wildman–Crippen MR) is 75.0 cm³/mol. The third-order valence-electron chi connectivity index (χ3n) is 3.67. The van der Waals surface area contributed by atoms with Crippen molar-refractivity contribution in [2.24, 2.45) is 5.41 Å². The molecule has 0 aliphatic heterocycles. The lowest BCUT2D eigenvalue weighted by atomic mass is 9.74. The molecule has 1 aliphatic carbocycles. The molecule has 0 spiro atoms. The average Bonchev–Trinajstić information content (AvgIpc) is 2.93. The second-order valence-corrected chi connectivity index (χ2v) is 6.72. The van der Waals surface area contributed by atoms with Gasteiger partial charge in [-0.15, -0.1) is 5.10 Å². The highest BCUT2D eigenvalue weighted by molar-refractivity contribution is 7.03. The van der Waals surface area contributed by atoms with E-state index in [2.05, 4.69) is 34.8 Å². The van der Waals surface area contributed by atoms with Crippen LogP contribution in [0.3, 0.4) is 0 Å². The minimum absolute atomic E-state index is 0.273. The number of nitrogens with zero attached hydrogens (tertiary/aromatic N) is 2. The fraction of sp³-hybridized carbons (Fsp3) is 0.571. The van der Waals surface area contributed by atoms with Crippen molar-refractivity contribution in [3.05, 3.63) is 34.2 Å². The summed E-state index contributed by atoms with van der Waals surface area (Å²) in [5.74, 6) is 2.15. The summed E-state index contributed by atoms with van der Waals surface area (Å²) in [4.78, 5) is 0. The standard InChI is InChI=1S/C14H19N3OS/c1-9-4-11-12(15-7-10-8-19-17-16-10)5-14(2,3)6-13(11)18-9/h4,8,12,15H,5-7H2,1-3H3. The number of aromatic nitrogens is 2. The van der Waals surface area contributed by atoms with Gasteiger partial charge in [0.15, 0.2) is 0 Å². The van der Waals surface area contributed by atoms with Crippen LogP contribution in [0, 0.1) is 12.3 Å². The Bertz CT molecular complexity index is 559. The van der Waals surface area contributed by atoms with Crippen LogP contribution in [0.4, 0.5) is 0 Å². The molecule has 1 aliphatic rings. The smallest absolute Gasteiger partial charge is 0.109 e. The second kappa shape index (κ2) is 4.72. The molecule has 5 heteroatoms. The highest BCUT2D eigenvalue weighted by Crippen LogP contribution is 2.42. The van der Waals surface area contributed by atoms with Crippen molar-refractivity contribution in [1.82, 2.24) is 14.9 Å². The maximum atomic E-state index is 5.84. The molecule has 1 atom stereocenters. The molecule has 1 unspecified atom stereocenters. The van der Waals surface area contributed by atoms with E-state index in [0.29, 0.717) is 6.04 Å². The van der Waals surface area contributed by atoms with Crippen molar-refractivity contribution in [3.8, 4) is 0 Å². The largest absolute Gasteiger partial charge is 0.466 e. The van der Waals surface area contributed by atoms with Crippen LogP contribution in [0.5, 0.6) is 0 Å². The summed E-state index contributed by atoms with van der Waals surface area (Å²) in [6.07, 6.45) is 2.14. The highest BCUT2D eigenvalue weighted by Gasteiger charge is 2.34. The van der Waals surface area contributed by atoms with Crippen LogP contribution in [0.2, 0.25) is 0 Å². The van der Waals surface area contributed by atoms with Crippen molar-refractivity contribution in [2.45, 2.75) is 46.2 Å². The SMILES string of the molecule is Cc1cc2c(o1)CC(C)(C)CC2NCc1csnn1.